The van der Waals surface area contributed by atoms with Crippen molar-refractivity contribution in [2.75, 3.05) is 11.9 Å². The lowest BCUT2D eigenvalue weighted by molar-refractivity contribution is 0.172. The maximum atomic E-state index is 9.75. The fraction of sp³-hybridized carbons (Fsp3) is 0.714. The first-order chi connectivity index (χ1) is 9.21. The first-order valence-electron chi connectivity index (χ1n) is 7.09. The van der Waals surface area contributed by atoms with E-state index in [0.717, 1.165) is 49.9 Å². The summed E-state index contributed by atoms with van der Waals surface area (Å²) in [4.78, 5) is 8.38. The molecule has 106 valence electrons. The van der Waals surface area contributed by atoms with Gasteiger partial charge in [-0.3, -0.25) is 0 Å². The van der Waals surface area contributed by atoms with Crippen LogP contribution in [0.1, 0.15) is 51.0 Å². The molecule has 1 aliphatic rings. The molecule has 1 saturated carbocycles. The van der Waals surface area contributed by atoms with Gasteiger partial charge in [0.2, 0.25) is 0 Å². The predicted molar refractivity (Wildman–Crippen MR) is 77.6 cm³/mol. The highest BCUT2D eigenvalue weighted by Gasteiger charge is 2.32. The van der Waals surface area contributed by atoms with Crippen molar-refractivity contribution >= 4 is 17.4 Å². The summed E-state index contributed by atoms with van der Waals surface area (Å²) in [5.74, 6) is 0.790. The third-order valence-corrected chi connectivity index (χ3v) is 4.22. The smallest absolute Gasteiger partial charge is 0.137 e. The minimum Gasteiger partial charge on any atom is -0.394 e. The van der Waals surface area contributed by atoms with Gasteiger partial charge in [0.15, 0.2) is 0 Å². The standard InChI is InChI=1S/C14H22ClN3O/c1-2-6-11-12(15)16-10-17-13(11)18-14(9-19)7-4-3-5-8-14/h10,19H,2-9H2,1H3,(H,16,17,18). The SMILES string of the molecule is CCCc1c(Cl)ncnc1NC1(CO)CCCCC1. The second-order valence-electron chi connectivity index (χ2n) is 5.37. The summed E-state index contributed by atoms with van der Waals surface area (Å²) < 4.78 is 0. The highest BCUT2D eigenvalue weighted by atomic mass is 35.5. The molecule has 4 nitrogen and oxygen atoms in total. The average molecular weight is 284 g/mol. The van der Waals surface area contributed by atoms with Crippen LogP contribution < -0.4 is 5.32 Å². The Hall–Kier alpha value is -0.870. The fourth-order valence-corrected chi connectivity index (χ4v) is 3.00. The van der Waals surface area contributed by atoms with Crippen molar-refractivity contribution in [3.63, 3.8) is 0 Å². The number of aromatic nitrogens is 2. The Bertz CT molecular complexity index is 419. The van der Waals surface area contributed by atoms with Crippen molar-refractivity contribution in [1.29, 1.82) is 0 Å². The Morgan fingerprint density at radius 1 is 1.32 bits per heavy atom. The van der Waals surface area contributed by atoms with E-state index in [1.54, 1.807) is 0 Å². The highest BCUT2D eigenvalue weighted by Crippen LogP contribution is 2.33. The molecule has 0 atom stereocenters. The third kappa shape index (κ3) is 3.37. The van der Waals surface area contributed by atoms with E-state index in [1.165, 1.54) is 12.7 Å². The van der Waals surface area contributed by atoms with Gasteiger partial charge in [-0.15, -0.1) is 0 Å². The minimum atomic E-state index is -0.238. The number of hydrogen-bond donors (Lipinski definition) is 2. The van der Waals surface area contributed by atoms with Gasteiger partial charge in [-0.2, -0.15) is 0 Å². The van der Waals surface area contributed by atoms with Crippen LogP contribution in [0.5, 0.6) is 0 Å². The van der Waals surface area contributed by atoms with Gasteiger partial charge in [0, 0.05) is 5.56 Å². The summed E-state index contributed by atoms with van der Waals surface area (Å²) in [6, 6.07) is 0. The molecule has 0 saturated heterocycles. The molecule has 5 heteroatoms. The van der Waals surface area contributed by atoms with Crippen molar-refractivity contribution in [3.8, 4) is 0 Å². The zero-order valence-corrected chi connectivity index (χ0v) is 12.2. The molecule has 2 N–H and O–H groups in total. The van der Waals surface area contributed by atoms with E-state index in [0.29, 0.717) is 5.15 Å². The van der Waals surface area contributed by atoms with Crippen LogP contribution in [0, 0.1) is 0 Å². The third-order valence-electron chi connectivity index (χ3n) is 3.89. The van der Waals surface area contributed by atoms with Crippen LogP contribution in [-0.2, 0) is 6.42 Å². The molecule has 1 heterocycles. The Labute approximate surface area is 119 Å². The van der Waals surface area contributed by atoms with Crippen LogP contribution in [-0.4, -0.2) is 27.2 Å². The Morgan fingerprint density at radius 2 is 2.05 bits per heavy atom. The number of anilines is 1. The molecular weight excluding hydrogens is 262 g/mol. The lowest BCUT2D eigenvalue weighted by Crippen LogP contribution is -2.44. The van der Waals surface area contributed by atoms with Crippen LogP contribution in [0.3, 0.4) is 0 Å². The summed E-state index contributed by atoms with van der Waals surface area (Å²) in [5.41, 5.74) is 0.725. The number of nitrogens with one attached hydrogen (secondary N) is 1. The van der Waals surface area contributed by atoms with Gasteiger partial charge in [0.25, 0.3) is 0 Å². The molecule has 0 aromatic carbocycles. The molecule has 1 fully saturated rings. The molecule has 1 aromatic rings. The van der Waals surface area contributed by atoms with Crippen molar-refractivity contribution in [2.24, 2.45) is 0 Å². The van der Waals surface area contributed by atoms with Crippen molar-refractivity contribution < 1.29 is 5.11 Å². The lowest BCUT2D eigenvalue weighted by Gasteiger charge is -2.37. The van der Waals surface area contributed by atoms with E-state index in [1.807, 2.05) is 0 Å². The molecule has 0 radical (unpaired) electrons. The number of halogens is 1. The first-order valence-corrected chi connectivity index (χ1v) is 7.47. The van der Waals surface area contributed by atoms with E-state index in [9.17, 15) is 5.11 Å². The molecule has 1 aliphatic carbocycles. The topological polar surface area (TPSA) is 58.0 Å². The molecule has 0 spiro atoms. The largest absolute Gasteiger partial charge is 0.394 e. The van der Waals surface area contributed by atoms with E-state index in [2.05, 4.69) is 22.2 Å². The normalized spacial score (nSPS) is 18.3. The summed E-state index contributed by atoms with van der Waals surface area (Å²) in [5, 5.41) is 13.7. The fourth-order valence-electron chi connectivity index (χ4n) is 2.77. The van der Waals surface area contributed by atoms with E-state index < -0.39 is 0 Å². The highest BCUT2D eigenvalue weighted by molar-refractivity contribution is 6.30. The molecule has 0 unspecified atom stereocenters. The van der Waals surface area contributed by atoms with E-state index in [4.69, 9.17) is 11.6 Å². The van der Waals surface area contributed by atoms with Crippen LogP contribution in [0.25, 0.3) is 0 Å². The van der Waals surface area contributed by atoms with Gasteiger partial charge < -0.3 is 10.4 Å². The molecular formula is C14H22ClN3O. The van der Waals surface area contributed by atoms with Gasteiger partial charge >= 0.3 is 0 Å². The number of aliphatic hydroxyl groups is 1. The molecule has 0 amide bonds. The Kier molecular flexibility index (Phi) is 4.99. The summed E-state index contributed by atoms with van der Waals surface area (Å²) >= 11 is 6.16. The second kappa shape index (κ2) is 6.53. The molecule has 2 rings (SSSR count). The van der Waals surface area contributed by atoms with Gasteiger partial charge in [-0.25, -0.2) is 9.97 Å². The Balaban J connectivity index is 2.23. The summed E-state index contributed by atoms with van der Waals surface area (Å²) in [6.45, 7) is 2.25. The van der Waals surface area contributed by atoms with Crippen molar-refractivity contribution in [1.82, 2.24) is 9.97 Å². The van der Waals surface area contributed by atoms with Crippen LogP contribution in [0.2, 0.25) is 5.15 Å². The van der Waals surface area contributed by atoms with Gasteiger partial charge in [-0.05, 0) is 19.3 Å². The van der Waals surface area contributed by atoms with Gasteiger partial charge in [-0.1, -0.05) is 44.2 Å². The number of hydrogen-bond acceptors (Lipinski definition) is 4. The monoisotopic (exact) mass is 283 g/mol. The van der Waals surface area contributed by atoms with E-state index in [-0.39, 0.29) is 12.1 Å². The Morgan fingerprint density at radius 3 is 2.68 bits per heavy atom. The maximum absolute atomic E-state index is 9.75. The molecule has 0 bridgehead atoms. The van der Waals surface area contributed by atoms with Gasteiger partial charge in [0.05, 0.1) is 12.1 Å². The molecule has 1 aromatic heterocycles. The summed E-state index contributed by atoms with van der Waals surface area (Å²) in [6.07, 6.45) is 8.84. The zero-order valence-electron chi connectivity index (χ0n) is 11.5. The first kappa shape index (κ1) is 14.5. The maximum Gasteiger partial charge on any atom is 0.137 e. The van der Waals surface area contributed by atoms with Crippen LogP contribution in [0.15, 0.2) is 6.33 Å². The minimum absolute atomic E-state index is 0.139. The van der Waals surface area contributed by atoms with Gasteiger partial charge in [0.1, 0.15) is 17.3 Å². The molecule has 19 heavy (non-hydrogen) atoms. The predicted octanol–water partition coefficient (Wildman–Crippen LogP) is 3.19. The van der Waals surface area contributed by atoms with Crippen molar-refractivity contribution in [2.45, 2.75) is 57.4 Å². The van der Waals surface area contributed by atoms with Crippen LogP contribution in [0.4, 0.5) is 5.82 Å². The average Bonchev–Trinajstić information content (AvgIpc) is 2.44. The quantitative estimate of drug-likeness (QED) is 0.815. The lowest BCUT2D eigenvalue weighted by atomic mass is 9.82. The van der Waals surface area contributed by atoms with E-state index >= 15 is 0 Å². The summed E-state index contributed by atoms with van der Waals surface area (Å²) in [7, 11) is 0. The van der Waals surface area contributed by atoms with Crippen molar-refractivity contribution in [3.05, 3.63) is 17.0 Å². The molecule has 0 aliphatic heterocycles. The number of rotatable bonds is 5. The zero-order chi connectivity index (χ0) is 13.7. The number of nitrogens with zero attached hydrogens (tertiary/aromatic N) is 2. The second-order valence-corrected chi connectivity index (χ2v) is 5.72. The number of aliphatic hydroxyl groups excluding tert-OH is 1. The van der Waals surface area contributed by atoms with Crippen LogP contribution >= 0.6 is 11.6 Å².